The highest BCUT2D eigenvalue weighted by molar-refractivity contribution is 6.05. The van der Waals surface area contributed by atoms with Gasteiger partial charge in [-0.25, -0.2) is 4.79 Å². The minimum atomic E-state index is -1.32. The molecule has 0 aliphatic carbocycles. The van der Waals surface area contributed by atoms with E-state index in [0.29, 0.717) is 11.4 Å². The van der Waals surface area contributed by atoms with E-state index in [2.05, 4.69) is 0 Å². The number of ether oxygens (including phenoxy) is 1. The van der Waals surface area contributed by atoms with Crippen LogP contribution in [0.4, 0.5) is 5.69 Å². The molecule has 0 saturated heterocycles. The molecule has 0 radical (unpaired) electrons. The molecule has 1 aromatic rings. The Morgan fingerprint density at radius 3 is 2.65 bits per heavy atom. The molecule has 1 heterocycles. The molecular formula is C15H19NO4. The van der Waals surface area contributed by atoms with E-state index in [0.717, 1.165) is 12.0 Å². The molecule has 108 valence electrons. The third kappa shape index (κ3) is 2.13. The molecular weight excluding hydrogens is 258 g/mol. The van der Waals surface area contributed by atoms with Crippen LogP contribution in [0.5, 0.6) is 5.75 Å². The maximum atomic E-state index is 12.4. The van der Waals surface area contributed by atoms with Gasteiger partial charge in [0.15, 0.2) is 6.10 Å². The average Bonchev–Trinajstić information content (AvgIpc) is 2.39. The number of aryl methyl sites for hydroxylation is 1. The highest BCUT2D eigenvalue weighted by atomic mass is 16.5. The third-order valence-electron chi connectivity index (χ3n) is 3.63. The lowest BCUT2D eigenvalue weighted by molar-refractivity contribution is -0.145. The van der Waals surface area contributed by atoms with Gasteiger partial charge in [-0.3, -0.25) is 9.69 Å². The fraction of sp³-hybridized carbons (Fsp3) is 0.467. The van der Waals surface area contributed by atoms with E-state index in [1.165, 1.54) is 18.7 Å². The summed E-state index contributed by atoms with van der Waals surface area (Å²) in [5.74, 6) is -0.838. The Balaban J connectivity index is 2.61. The first kappa shape index (κ1) is 14.4. The van der Waals surface area contributed by atoms with Crippen molar-refractivity contribution in [2.75, 3.05) is 4.90 Å². The Labute approximate surface area is 118 Å². The number of carbonyl (C=O) groups excluding carboxylic acids is 1. The molecule has 5 nitrogen and oxygen atoms in total. The number of anilines is 1. The number of carbonyl (C=O) groups is 2. The van der Waals surface area contributed by atoms with Crippen LogP contribution >= 0.6 is 0 Å². The van der Waals surface area contributed by atoms with Gasteiger partial charge < -0.3 is 9.84 Å². The monoisotopic (exact) mass is 277 g/mol. The first-order chi connectivity index (χ1) is 9.28. The highest BCUT2D eigenvalue weighted by Crippen LogP contribution is 2.39. The summed E-state index contributed by atoms with van der Waals surface area (Å²) in [6.45, 7) is 6.67. The van der Waals surface area contributed by atoms with E-state index in [4.69, 9.17) is 4.74 Å². The van der Waals surface area contributed by atoms with Gasteiger partial charge in [0.25, 0.3) is 5.91 Å². The van der Waals surface area contributed by atoms with Crippen molar-refractivity contribution in [3.8, 4) is 5.75 Å². The second-order valence-electron chi connectivity index (χ2n) is 5.45. The predicted octanol–water partition coefficient (Wildman–Crippen LogP) is 2.23. The van der Waals surface area contributed by atoms with Crippen LogP contribution in [0.2, 0.25) is 0 Å². The van der Waals surface area contributed by atoms with E-state index >= 15 is 0 Å². The Hall–Kier alpha value is -2.04. The van der Waals surface area contributed by atoms with Crippen LogP contribution in [0.25, 0.3) is 0 Å². The zero-order chi connectivity index (χ0) is 15.1. The standard InChI is InChI=1S/C15H19NO4/c1-5-10-6-7-12-11(8-10)16(13(17)9(2)20-12)15(3,4)14(18)19/h6-9H,5H2,1-4H3,(H,18,19). The van der Waals surface area contributed by atoms with Gasteiger partial charge in [0, 0.05) is 0 Å². The van der Waals surface area contributed by atoms with Crippen molar-refractivity contribution in [3.05, 3.63) is 23.8 Å². The zero-order valence-corrected chi connectivity index (χ0v) is 12.1. The van der Waals surface area contributed by atoms with Crippen LogP contribution in [0.15, 0.2) is 18.2 Å². The second-order valence-corrected chi connectivity index (χ2v) is 5.45. The molecule has 0 aromatic heterocycles. The number of carboxylic acid groups (broad SMARTS) is 1. The van der Waals surface area contributed by atoms with Crippen LogP contribution in [0.3, 0.4) is 0 Å². The van der Waals surface area contributed by atoms with E-state index < -0.39 is 17.6 Å². The largest absolute Gasteiger partial charge is 0.480 e. The van der Waals surface area contributed by atoms with Gasteiger partial charge in [0.1, 0.15) is 11.3 Å². The summed E-state index contributed by atoms with van der Waals surface area (Å²) < 4.78 is 5.56. The number of rotatable bonds is 3. The summed E-state index contributed by atoms with van der Waals surface area (Å²) >= 11 is 0. The summed E-state index contributed by atoms with van der Waals surface area (Å²) in [6, 6.07) is 5.54. The van der Waals surface area contributed by atoms with Crippen molar-refractivity contribution in [3.63, 3.8) is 0 Å². The Morgan fingerprint density at radius 1 is 1.45 bits per heavy atom. The van der Waals surface area contributed by atoms with Gasteiger partial charge in [-0.2, -0.15) is 0 Å². The smallest absolute Gasteiger partial charge is 0.329 e. The quantitative estimate of drug-likeness (QED) is 0.920. The molecule has 1 aliphatic heterocycles. The molecule has 5 heteroatoms. The molecule has 0 spiro atoms. The van der Waals surface area contributed by atoms with Crippen molar-refractivity contribution in [1.29, 1.82) is 0 Å². The molecule has 1 aliphatic rings. The summed E-state index contributed by atoms with van der Waals surface area (Å²) in [6.07, 6.45) is 0.117. The van der Waals surface area contributed by atoms with E-state index in [1.807, 2.05) is 19.1 Å². The molecule has 20 heavy (non-hydrogen) atoms. The molecule has 2 rings (SSSR count). The Bertz CT molecular complexity index is 565. The lowest BCUT2D eigenvalue weighted by atomic mass is 9.98. The van der Waals surface area contributed by atoms with Gasteiger partial charge in [-0.05, 0) is 44.9 Å². The van der Waals surface area contributed by atoms with E-state index in [1.54, 1.807) is 13.0 Å². The molecule has 1 unspecified atom stereocenters. The predicted molar refractivity (Wildman–Crippen MR) is 75.1 cm³/mol. The fourth-order valence-corrected chi connectivity index (χ4v) is 2.27. The van der Waals surface area contributed by atoms with Gasteiger partial charge in [0.2, 0.25) is 0 Å². The number of carboxylic acids is 1. The van der Waals surface area contributed by atoms with Crippen molar-refractivity contribution < 1.29 is 19.4 Å². The number of benzene rings is 1. The van der Waals surface area contributed by atoms with E-state index in [9.17, 15) is 14.7 Å². The van der Waals surface area contributed by atoms with Crippen molar-refractivity contribution in [2.45, 2.75) is 45.8 Å². The van der Waals surface area contributed by atoms with Crippen LogP contribution in [-0.4, -0.2) is 28.6 Å². The molecule has 0 bridgehead atoms. The molecule has 1 aromatic carbocycles. The van der Waals surface area contributed by atoms with Gasteiger partial charge in [-0.15, -0.1) is 0 Å². The summed E-state index contributed by atoms with van der Waals surface area (Å²) in [5.41, 5.74) is 0.233. The molecule has 0 fully saturated rings. The van der Waals surface area contributed by atoms with Crippen LogP contribution in [0, 0.1) is 0 Å². The lowest BCUT2D eigenvalue weighted by Crippen LogP contribution is -2.58. The van der Waals surface area contributed by atoms with Crippen molar-refractivity contribution in [2.24, 2.45) is 0 Å². The number of amides is 1. The average molecular weight is 277 g/mol. The van der Waals surface area contributed by atoms with Gasteiger partial charge in [0.05, 0.1) is 5.69 Å². The first-order valence-electron chi connectivity index (χ1n) is 6.66. The Morgan fingerprint density at radius 2 is 2.10 bits per heavy atom. The minimum absolute atomic E-state index is 0.335. The maximum absolute atomic E-state index is 12.4. The summed E-state index contributed by atoms with van der Waals surface area (Å²) in [4.78, 5) is 25.2. The van der Waals surface area contributed by atoms with Crippen LogP contribution < -0.4 is 9.64 Å². The zero-order valence-electron chi connectivity index (χ0n) is 12.1. The van der Waals surface area contributed by atoms with Gasteiger partial charge in [-0.1, -0.05) is 13.0 Å². The number of hydrogen-bond acceptors (Lipinski definition) is 3. The fourth-order valence-electron chi connectivity index (χ4n) is 2.27. The van der Waals surface area contributed by atoms with Crippen molar-refractivity contribution >= 4 is 17.6 Å². The second kappa shape index (κ2) is 4.81. The third-order valence-corrected chi connectivity index (χ3v) is 3.63. The van der Waals surface area contributed by atoms with Gasteiger partial charge >= 0.3 is 5.97 Å². The number of nitrogens with zero attached hydrogens (tertiary/aromatic N) is 1. The summed E-state index contributed by atoms with van der Waals surface area (Å²) in [7, 11) is 0. The molecule has 1 atom stereocenters. The first-order valence-corrected chi connectivity index (χ1v) is 6.66. The SMILES string of the molecule is CCc1ccc2c(c1)N(C(C)(C)C(=O)O)C(=O)C(C)O2. The van der Waals surface area contributed by atoms with Crippen LogP contribution in [0.1, 0.15) is 33.3 Å². The van der Waals surface area contributed by atoms with E-state index in [-0.39, 0.29) is 5.91 Å². The maximum Gasteiger partial charge on any atom is 0.329 e. The number of aliphatic carboxylic acids is 1. The lowest BCUT2D eigenvalue weighted by Gasteiger charge is -2.41. The Kier molecular flexibility index (Phi) is 3.46. The highest BCUT2D eigenvalue weighted by Gasteiger charge is 2.44. The minimum Gasteiger partial charge on any atom is -0.480 e. The topological polar surface area (TPSA) is 66.8 Å². The van der Waals surface area contributed by atoms with Crippen molar-refractivity contribution in [1.82, 2.24) is 0 Å². The summed E-state index contributed by atoms with van der Waals surface area (Å²) in [5, 5.41) is 9.41. The number of fused-ring (bicyclic) bond motifs is 1. The molecule has 0 saturated carbocycles. The van der Waals surface area contributed by atoms with Crippen LogP contribution in [-0.2, 0) is 16.0 Å². The number of hydrogen-bond donors (Lipinski definition) is 1. The molecule has 1 N–H and O–H groups in total. The normalized spacial score (nSPS) is 18.5. The molecule has 1 amide bonds.